The van der Waals surface area contributed by atoms with E-state index in [1.165, 1.54) is 18.5 Å². The molecule has 1 heterocycles. The molecule has 4 nitrogen and oxygen atoms in total. The Morgan fingerprint density at radius 2 is 2.38 bits per heavy atom. The fourth-order valence-electron chi connectivity index (χ4n) is 1.28. The van der Waals surface area contributed by atoms with Crippen molar-refractivity contribution in [1.82, 2.24) is 10.3 Å². The van der Waals surface area contributed by atoms with Gasteiger partial charge >= 0.3 is 0 Å². The van der Waals surface area contributed by atoms with Gasteiger partial charge < -0.3 is 10.4 Å². The molecule has 0 aliphatic heterocycles. The van der Waals surface area contributed by atoms with Gasteiger partial charge in [-0.15, -0.1) is 0 Å². The predicted octanol–water partition coefficient (Wildman–Crippen LogP) is 1.66. The number of amides is 1. The third kappa shape index (κ3) is 3.73. The molecule has 0 aliphatic carbocycles. The molecule has 16 heavy (non-hydrogen) atoms. The summed E-state index contributed by atoms with van der Waals surface area (Å²) in [6, 6.07) is 1.57. The normalized spacial score (nSPS) is 12.1. The molecule has 0 saturated carbocycles. The lowest BCUT2D eigenvalue weighted by Gasteiger charge is -2.15. The Hall–Kier alpha value is -1.23. The van der Waals surface area contributed by atoms with Crippen LogP contribution in [0.2, 0.25) is 0 Å². The number of carbonyl (C=O) groups excluding carboxylic acids is 1. The third-order valence-corrected chi connectivity index (χ3v) is 2.92. The number of rotatable bonds is 5. The molecule has 1 aromatic rings. The Morgan fingerprint density at radius 1 is 1.62 bits per heavy atom. The van der Waals surface area contributed by atoms with Crippen molar-refractivity contribution in [2.75, 3.05) is 12.0 Å². The van der Waals surface area contributed by atoms with E-state index in [0.717, 1.165) is 12.2 Å². The van der Waals surface area contributed by atoms with Crippen molar-refractivity contribution in [3.63, 3.8) is 0 Å². The molecule has 0 aromatic carbocycles. The second-order valence-electron chi connectivity index (χ2n) is 3.47. The summed E-state index contributed by atoms with van der Waals surface area (Å²) in [5.41, 5.74) is 0.388. The standard InChI is InChI=1S/C11H16N2O2S/c1-3-9(7-16-2)13-11(15)8-4-10(14)6-12-5-8/h4-6,9,14H,3,7H2,1-2H3,(H,13,15). The van der Waals surface area contributed by atoms with E-state index >= 15 is 0 Å². The highest BCUT2D eigenvalue weighted by molar-refractivity contribution is 7.98. The van der Waals surface area contributed by atoms with Gasteiger partial charge in [0.15, 0.2) is 0 Å². The van der Waals surface area contributed by atoms with E-state index in [0.29, 0.717) is 5.56 Å². The molecule has 1 aromatic heterocycles. The number of carbonyl (C=O) groups is 1. The van der Waals surface area contributed by atoms with Crippen LogP contribution in [0.5, 0.6) is 5.75 Å². The largest absolute Gasteiger partial charge is 0.506 e. The topological polar surface area (TPSA) is 62.2 Å². The molecule has 0 fully saturated rings. The van der Waals surface area contributed by atoms with E-state index in [4.69, 9.17) is 0 Å². The third-order valence-electron chi connectivity index (χ3n) is 2.18. The minimum Gasteiger partial charge on any atom is -0.506 e. The fraction of sp³-hybridized carbons (Fsp3) is 0.455. The van der Waals surface area contributed by atoms with Gasteiger partial charge in [-0.25, -0.2) is 0 Å². The highest BCUT2D eigenvalue weighted by Crippen LogP contribution is 2.09. The van der Waals surface area contributed by atoms with Crippen LogP contribution in [0.1, 0.15) is 23.7 Å². The van der Waals surface area contributed by atoms with E-state index in [-0.39, 0.29) is 17.7 Å². The number of hydrogen-bond donors (Lipinski definition) is 2. The Morgan fingerprint density at radius 3 is 2.94 bits per heavy atom. The maximum atomic E-state index is 11.8. The summed E-state index contributed by atoms with van der Waals surface area (Å²) in [5.74, 6) is 0.698. The Labute approximate surface area is 99.5 Å². The van der Waals surface area contributed by atoms with Crippen molar-refractivity contribution in [3.05, 3.63) is 24.0 Å². The maximum absolute atomic E-state index is 11.8. The van der Waals surface area contributed by atoms with Crippen molar-refractivity contribution in [2.24, 2.45) is 0 Å². The summed E-state index contributed by atoms with van der Waals surface area (Å²) in [6.45, 7) is 2.03. The number of nitrogens with one attached hydrogen (secondary N) is 1. The van der Waals surface area contributed by atoms with Crippen LogP contribution < -0.4 is 5.32 Å². The molecule has 88 valence electrons. The first-order valence-corrected chi connectivity index (χ1v) is 6.50. The van der Waals surface area contributed by atoms with E-state index in [1.54, 1.807) is 11.8 Å². The lowest BCUT2D eigenvalue weighted by atomic mass is 10.2. The lowest BCUT2D eigenvalue weighted by Crippen LogP contribution is -2.36. The van der Waals surface area contributed by atoms with E-state index < -0.39 is 0 Å². The van der Waals surface area contributed by atoms with Crippen LogP contribution in [0.25, 0.3) is 0 Å². The first-order chi connectivity index (χ1) is 7.67. The van der Waals surface area contributed by atoms with Crippen LogP contribution in [-0.4, -0.2) is 34.0 Å². The summed E-state index contributed by atoms with van der Waals surface area (Å²) >= 11 is 1.69. The first kappa shape index (κ1) is 12.8. The summed E-state index contributed by atoms with van der Waals surface area (Å²) in [6.07, 6.45) is 5.64. The van der Waals surface area contributed by atoms with Crippen LogP contribution in [0.15, 0.2) is 18.5 Å². The zero-order valence-electron chi connectivity index (χ0n) is 9.43. The zero-order chi connectivity index (χ0) is 12.0. The van der Waals surface area contributed by atoms with Crippen LogP contribution in [0.3, 0.4) is 0 Å². The summed E-state index contributed by atoms with van der Waals surface area (Å²) < 4.78 is 0. The van der Waals surface area contributed by atoms with Crippen LogP contribution in [0, 0.1) is 0 Å². The molecule has 1 amide bonds. The molecule has 1 rings (SSSR count). The summed E-state index contributed by atoms with van der Waals surface area (Å²) in [5, 5.41) is 12.1. The highest BCUT2D eigenvalue weighted by Gasteiger charge is 2.12. The molecule has 0 radical (unpaired) electrons. The Kier molecular flexibility index (Phi) is 5.11. The monoisotopic (exact) mass is 240 g/mol. The molecule has 0 spiro atoms. The Bertz CT molecular complexity index is 358. The van der Waals surface area contributed by atoms with E-state index in [2.05, 4.69) is 10.3 Å². The van der Waals surface area contributed by atoms with E-state index in [1.807, 2.05) is 13.2 Å². The zero-order valence-corrected chi connectivity index (χ0v) is 10.3. The quantitative estimate of drug-likeness (QED) is 0.821. The number of thioether (sulfide) groups is 1. The van der Waals surface area contributed by atoms with Gasteiger partial charge in [0.1, 0.15) is 5.75 Å². The molecule has 1 unspecified atom stereocenters. The first-order valence-electron chi connectivity index (χ1n) is 5.11. The minimum atomic E-state index is -0.190. The van der Waals surface area contributed by atoms with Crippen LogP contribution in [0.4, 0.5) is 0 Å². The molecule has 2 N–H and O–H groups in total. The molecule has 0 aliphatic rings. The molecule has 0 saturated heterocycles. The second-order valence-corrected chi connectivity index (χ2v) is 4.38. The smallest absolute Gasteiger partial charge is 0.253 e. The van der Waals surface area contributed by atoms with E-state index in [9.17, 15) is 9.90 Å². The molecule has 0 bridgehead atoms. The SMILES string of the molecule is CCC(CSC)NC(=O)c1cncc(O)c1. The van der Waals surface area contributed by atoms with Crippen molar-refractivity contribution in [1.29, 1.82) is 0 Å². The number of hydrogen-bond acceptors (Lipinski definition) is 4. The summed E-state index contributed by atoms with van der Waals surface area (Å²) in [4.78, 5) is 15.5. The van der Waals surface area contributed by atoms with Gasteiger partial charge in [-0.05, 0) is 18.7 Å². The predicted molar refractivity (Wildman–Crippen MR) is 65.8 cm³/mol. The van der Waals surface area contributed by atoms with Crippen molar-refractivity contribution in [3.8, 4) is 5.75 Å². The van der Waals surface area contributed by atoms with Crippen molar-refractivity contribution < 1.29 is 9.90 Å². The lowest BCUT2D eigenvalue weighted by molar-refractivity contribution is 0.0939. The van der Waals surface area contributed by atoms with Gasteiger partial charge in [-0.1, -0.05) is 6.92 Å². The number of nitrogens with zero attached hydrogens (tertiary/aromatic N) is 1. The fourth-order valence-corrected chi connectivity index (χ4v) is 2.00. The van der Waals surface area contributed by atoms with Gasteiger partial charge in [0, 0.05) is 18.0 Å². The maximum Gasteiger partial charge on any atom is 0.253 e. The molecular weight excluding hydrogens is 224 g/mol. The van der Waals surface area contributed by atoms with Gasteiger partial charge in [0.2, 0.25) is 0 Å². The van der Waals surface area contributed by atoms with Crippen molar-refractivity contribution in [2.45, 2.75) is 19.4 Å². The molecule has 5 heteroatoms. The highest BCUT2D eigenvalue weighted by atomic mass is 32.2. The van der Waals surface area contributed by atoms with Gasteiger partial charge in [0.25, 0.3) is 5.91 Å². The summed E-state index contributed by atoms with van der Waals surface area (Å²) in [7, 11) is 0. The van der Waals surface area contributed by atoms with Gasteiger partial charge in [-0.3, -0.25) is 9.78 Å². The molecular formula is C11H16N2O2S. The number of aromatic hydroxyl groups is 1. The van der Waals surface area contributed by atoms with Crippen LogP contribution >= 0.6 is 11.8 Å². The van der Waals surface area contributed by atoms with Crippen molar-refractivity contribution >= 4 is 17.7 Å². The number of pyridine rings is 1. The molecule has 1 atom stereocenters. The number of aromatic nitrogens is 1. The minimum absolute atomic E-state index is 0.00515. The van der Waals surface area contributed by atoms with Crippen LogP contribution in [-0.2, 0) is 0 Å². The Balaban J connectivity index is 2.64. The van der Waals surface area contributed by atoms with Gasteiger partial charge in [0.05, 0.1) is 11.8 Å². The average molecular weight is 240 g/mol. The van der Waals surface area contributed by atoms with Gasteiger partial charge in [-0.2, -0.15) is 11.8 Å². The average Bonchev–Trinajstić information content (AvgIpc) is 2.28. The second kappa shape index (κ2) is 6.37.